The van der Waals surface area contributed by atoms with E-state index in [-0.39, 0.29) is 11.8 Å². The third-order valence-corrected chi connectivity index (χ3v) is 6.41. The molecular weight excluding hydrogens is 430 g/mol. The van der Waals surface area contributed by atoms with Crippen LogP contribution in [0, 0.1) is 0 Å². The highest BCUT2D eigenvalue weighted by molar-refractivity contribution is 5.86. The van der Waals surface area contributed by atoms with Crippen molar-refractivity contribution in [1.82, 2.24) is 14.9 Å². The SMILES string of the molecule is O=C(CC(c1ccccc1)c1cn(Cc2ccccc2)c2ccccc12)NCCc1ccccn1. The Hall–Kier alpha value is -4.18. The number of fused-ring (bicyclic) bond motifs is 1. The van der Waals surface area contributed by atoms with Gasteiger partial charge < -0.3 is 9.88 Å². The highest BCUT2D eigenvalue weighted by Crippen LogP contribution is 2.35. The van der Waals surface area contributed by atoms with Crippen LogP contribution in [0.5, 0.6) is 0 Å². The number of amides is 1. The summed E-state index contributed by atoms with van der Waals surface area (Å²) in [4.78, 5) is 17.4. The number of rotatable bonds is 9. The molecule has 4 heteroatoms. The number of nitrogens with zero attached hydrogens (tertiary/aromatic N) is 2. The number of carbonyl (C=O) groups excluding carboxylic acids is 1. The van der Waals surface area contributed by atoms with Gasteiger partial charge in [-0.05, 0) is 34.9 Å². The molecule has 0 saturated heterocycles. The van der Waals surface area contributed by atoms with Crippen LogP contribution in [0.1, 0.15) is 34.7 Å². The Morgan fingerprint density at radius 1 is 0.829 bits per heavy atom. The predicted molar refractivity (Wildman–Crippen MR) is 141 cm³/mol. The Labute approximate surface area is 206 Å². The quantitative estimate of drug-likeness (QED) is 0.295. The van der Waals surface area contributed by atoms with Crippen molar-refractivity contribution in [3.05, 3.63) is 138 Å². The summed E-state index contributed by atoms with van der Waals surface area (Å²) >= 11 is 0. The van der Waals surface area contributed by atoms with E-state index in [0.717, 1.165) is 24.2 Å². The highest BCUT2D eigenvalue weighted by Gasteiger charge is 2.22. The first-order valence-corrected chi connectivity index (χ1v) is 12.1. The molecule has 5 rings (SSSR count). The lowest BCUT2D eigenvalue weighted by atomic mass is 9.88. The smallest absolute Gasteiger partial charge is 0.220 e. The van der Waals surface area contributed by atoms with Gasteiger partial charge in [0.05, 0.1) is 0 Å². The third kappa shape index (κ3) is 5.49. The Morgan fingerprint density at radius 2 is 1.54 bits per heavy atom. The number of hydrogen-bond acceptors (Lipinski definition) is 2. The van der Waals surface area contributed by atoms with Gasteiger partial charge in [-0.3, -0.25) is 9.78 Å². The largest absolute Gasteiger partial charge is 0.356 e. The van der Waals surface area contributed by atoms with Gasteiger partial charge in [0, 0.05) is 60.8 Å². The van der Waals surface area contributed by atoms with E-state index in [1.807, 2.05) is 42.5 Å². The molecule has 0 aliphatic heterocycles. The second kappa shape index (κ2) is 10.8. The monoisotopic (exact) mass is 459 g/mol. The van der Waals surface area contributed by atoms with Crippen molar-refractivity contribution in [2.24, 2.45) is 0 Å². The fourth-order valence-electron chi connectivity index (χ4n) is 4.69. The minimum atomic E-state index is -0.0343. The topological polar surface area (TPSA) is 46.9 Å². The maximum atomic E-state index is 13.1. The summed E-state index contributed by atoms with van der Waals surface area (Å²) in [6.45, 7) is 1.37. The summed E-state index contributed by atoms with van der Waals surface area (Å²) in [6.07, 6.45) is 5.13. The molecule has 0 fully saturated rings. The van der Waals surface area contributed by atoms with E-state index >= 15 is 0 Å². The molecule has 0 radical (unpaired) electrons. The van der Waals surface area contributed by atoms with Crippen molar-refractivity contribution < 1.29 is 4.79 Å². The minimum absolute atomic E-state index is 0.0343. The molecule has 0 aliphatic carbocycles. The van der Waals surface area contributed by atoms with Crippen molar-refractivity contribution in [1.29, 1.82) is 0 Å². The lowest BCUT2D eigenvalue weighted by Crippen LogP contribution is -2.27. The molecule has 1 amide bonds. The Morgan fingerprint density at radius 3 is 2.31 bits per heavy atom. The van der Waals surface area contributed by atoms with Crippen LogP contribution in [0.25, 0.3) is 10.9 Å². The fraction of sp³-hybridized carbons (Fsp3) is 0.161. The number of carbonyl (C=O) groups is 1. The van der Waals surface area contributed by atoms with E-state index in [0.29, 0.717) is 13.0 Å². The third-order valence-electron chi connectivity index (χ3n) is 6.41. The number of benzene rings is 3. The molecule has 2 aromatic heterocycles. The van der Waals surface area contributed by atoms with Gasteiger partial charge in [0.15, 0.2) is 0 Å². The number of nitrogens with one attached hydrogen (secondary N) is 1. The van der Waals surface area contributed by atoms with Crippen LogP contribution in [-0.4, -0.2) is 22.0 Å². The number of pyridine rings is 1. The standard InChI is InChI=1S/C31H29N3O/c35-31(33-20-18-26-15-9-10-19-32-26)21-28(25-13-5-2-6-14-25)29-23-34(22-24-11-3-1-4-12-24)30-17-8-7-16-27(29)30/h1-17,19,23,28H,18,20-22H2,(H,33,35). The summed E-state index contributed by atoms with van der Waals surface area (Å²) in [5.41, 5.74) is 5.75. The lowest BCUT2D eigenvalue weighted by molar-refractivity contribution is -0.121. The fourth-order valence-corrected chi connectivity index (χ4v) is 4.69. The van der Waals surface area contributed by atoms with Crippen LogP contribution in [0.15, 0.2) is 116 Å². The summed E-state index contributed by atoms with van der Waals surface area (Å²) in [5, 5.41) is 4.30. The molecule has 35 heavy (non-hydrogen) atoms. The molecule has 174 valence electrons. The molecule has 0 saturated carbocycles. The van der Waals surface area contributed by atoms with E-state index in [9.17, 15) is 4.79 Å². The average molecular weight is 460 g/mol. The average Bonchev–Trinajstić information content (AvgIpc) is 3.27. The molecule has 5 aromatic rings. The van der Waals surface area contributed by atoms with Crippen LogP contribution in [0.3, 0.4) is 0 Å². The number of hydrogen-bond donors (Lipinski definition) is 1. The van der Waals surface area contributed by atoms with Gasteiger partial charge in [0.25, 0.3) is 0 Å². The van der Waals surface area contributed by atoms with Crippen molar-refractivity contribution >= 4 is 16.8 Å². The van der Waals surface area contributed by atoms with Crippen LogP contribution >= 0.6 is 0 Å². The first kappa shape index (κ1) is 22.6. The molecule has 1 N–H and O–H groups in total. The second-order valence-electron chi connectivity index (χ2n) is 8.80. The van der Waals surface area contributed by atoms with E-state index in [4.69, 9.17) is 0 Å². The van der Waals surface area contributed by atoms with Crippen molar-refractivity contribution in [3.8, 4) is 0 Å². The Balaban J connectivity index is 1.42. The molecule has 0 bridgehead atoms. The maximum absolute atomic E-state index is 13.1. The number of para-hydroxylation sites is 1. The van der Waals surface area contributed by atoms with Crippen LogP contribution in [-0.2, 0) is 17.8 Å². The van der Waals surface area contributed by atoms with Crippen LogP contribution in [0.4, 0.5) is 0 Å². The van der Waals surface area contributed by atoms with Gasteiger partial charge in [-0.15, -0.1) is 0 Å². The molecular formula is C31H29N3O. The van der Waals surface area contributed by atoms with E-state index in [1.54, 1.807) is 6.20 Å². The summed E-state index contributed by atoms with van der Waals surface area (Å²) in [6, 6.07) is 35.2. The maximum Gasteiger partial charge on any atom is 0.220 e. The minimum Gasteiger partial charge on any atom is -0.356 e. The Bertz CT molecular complexity index is 1380. The molecule has 2 heterocycles. The first-order valence-electron chi connectivity index (χ1n) is 12.1. The van der Waals surface area contributed by atoms with Gasteiger partial charge in [0.2, 0.25) is 5.91 Å². The van der Waals surface area contributed by atoms with E-state index < -0.39 is 0 Å². The zero-order chi connectivity index (χ0) is 23.9. The Kier molecular flexibility index (Phi) is 7.00. The number of aromatic nitrogens is 2. The highest BCUT2D eigenvalue weighted by atomic mass is 16.1. The molecule has 4 nitrogen and oxygen atoms in total. The zero-order valence-corrected chi connectivity index (χ0v) is 19.7. The van der Waals surface area contributed by atoms with Gasteiger partial charge in [-0.1, -0.05) is 84.9 Å². The normalized spacial score (nSPS) is 11.9. The molecule has 1 atom stereocenters. The van der Waals surface area contributed by atoms with E-state index in [2.05, 4.69) is 81.7 Å². The summed E-state index contributed by atoms with van der Waals surface area (Å²) < 4.78 is 2.30. The summed E-state index contributed by atoms with van der Waals surface area (Å²) in [5.74, 6) is 0.0163. The molecule has 0 spiro atoms. The second-order valence-corrected chi connectivity index (χ2v) is 8.80. The lowest BCUT2D eigenvalue weighted by Gasteiger charge is -2.17. The van der Waals surface area contributed by atoms with Gasteiger partial charge in [0.1, 0.15) is 0 Å². The van der Waals surface area contributed by atoms with Gasteiger partial charge in [-0.2, -0.15) is 0 Å². The van der Waals surface area contributed by atoms with E-state index in [1.165, 1.54) is 22.0 Å². The van der Waals surface area contributed by atoms with Crippen molar-refractivity contribution in [3.63, 3.8) is 0 Å². The molecule has 1 unspecified atom stereocenters. The van der Waals surface area contributed by atoms with Crippen molar-refractivity contribution in [2.45, 2.75) is 25.3 Å². The van der Waals surface area contributed by atoms with Gasteiger partial charge >= 0.3 is 0 Å². The first-order chi connectivity index (χ1) is 17.3. The summed E-state index contributed by atoms with van der Waals surface area (Å²) in [7, 11) is 0. The predicted octanol–water partition coefficient (Wildman–Crippen LogP) is 5.97. The van der Waals surface area contributed by atoms with Gasteiger partial charge in [-0.25, -0.2) is 0 Å². The van der Waals surface area contributed by atoms with Crippen molar-refractivity contribution in [2.75, 3.05) is 6.54 Å². The van der Waals surface area contributed by atoms with Crippen LogP contribution < -0.4 is 5.32 Å². The van der Waals surface area contributed by atoms with Crippen LogP contribution in [0.2, 0.25) is 0 Å². The zero-order valence-electron chi connectivity index (χ0n) is 19.7. The molecule has 3 aromatic carbocycles. The molecule has 0 aliphatic rings.